The Kier molecular flexibility index (Phi) is 5.00. The first kappa shape index (κ1) is 14.1. The lowest BCUT2D eigenvalue weighted by Gasteiger charge is -2.10. The summed E-state index contributed by atoms with van der Waals surface area (Å²) >= 11 is 3.49. The van der Waals surface area contributed by atoms with E-state index < -0.39 is 0 Å². The molecule has 0 amide bonds. The molecule has 0 saturated heterocycles. The number of hydrogen-bond acceptors (Lipinski definition) is 2. The van der Waals surface area contributed by atoms with Gasteiger partial charge in [-0.1, -0.05) is 45.8 Å². The molecule has 2 rings (SSSR count). The van der Waals surface area contributed by atoms with Gasteiger partial charge in [-0.2, -0.15) is 0 Å². The zero-order valence-corrected chi connectivity index (χ0v) is 12.8. The van der Waals surface area contributed by atoms with Gasteiger partial charge in [-0.05, 0) is 30.7 Å². The number of rotatable bonds is 5. The number of aryl methyl sites for hydroxylation is 1. The second kappa shape index (κ2) is 6.73. The van der Waals surface area contributed by atoms with E-state index in [0.29, 0.717) is 0 Å². The van der Waals surface area contributed by atoms with E-state index in [1.165, 1.54) is 11.1 Å². The Balaban J connectivity index is 1.97. The molecule has 2 aromatic carbocycles. The molecule has 0 atom stereocenters. The Morgan fingerprint density at radius 3 is 2.68 bits per heavy atom. The van der Waals surface area contributed by atoms with Gasteiger partial charge < -0.3 is 10.1 Å². The van der Waals surface area contributed by atoms with Crippen LogP contribution in [0.2, 0.25) is 0 Å². The highest BCUT2D eigenvalue weighted by Crippen LogP contribution is 2.22. The summed E-state index contributed by atoms with van der Waals surface area (Å²) in [4.78, 5) is 0. The quantitative estimate of drug-likeness (QED) is 0.897. The Labute approximate surface area is 122 Å². The number of ether oxygens (including phenoxy) is 1. The molecule has 1 N–H and O–H groups in total. The molecule has 0 aromatic heterocycles. The largest absolute Gasteiger partial charge is 0.496 e. The van der Waals surface area contributed by atoms with Crippen molar-refractivity contribution in [2.45, 2.75) is 20.0 Å². The number of halogens is 1. The van der Waals surface area contributed by atoms with E-state index in [2.05, 4.69) is 58.5 Å². The van der Waals surface area contributed by atoms with Crippen molar-refractivity contribution in [3.63, 3.8) is 0 Å². The molecule has 19 heavy (non-hydrogen) atoms. The number of hydrogen-bond donors (Lipinski definition) is 1. The van der Waals surface area contributed by atoms with Gasteiger partial charge in [0.05, 0.1) is 7.11 Å². The van der Waals surface area contributed by atoms with Crippen LogP contribution in [0.1, 0.15) is 16.7 Å². The van der Waals surface area contributed by atoms with Gasteiger partial charge in [-0.3, -0.25) is 0 Å². The third-order valence-corrected chi connectivity index (χ3v) is 3.46. The lowest BCUT2D eigenvalue weighted by atomic mass is 10.1. The molecule has 0 fully saturated rings. The van der Waals surface area contributed by atoms with Crippen LogP contribution in [-0.2, 0) is 13.1 Å². The van der Waals surface area contributed by atoms with Crippen LogP contribution in [-0.4, -0.2) is 7.11 Å². The first-order valence-corrected chi connectivity index (χ1v) is 7.07. The first-order chi connectivity index (χ1) is 9.19. The van der Waals surface area contributed by atoms with Gasteiger partial charge in [0.2, 0.25) is 0 Å². The average Bonchev–Trinajstić information content (AvgIpc) is 2.39. The van der Waals surface area contributed by atoms with E-state index in [0.717, 1.165) is 28.9 Å². The molecule has 100 valence electrons. The highest BCUT2D eigenvalue weighted by molar-refractivity contribution is 9.10. The Morgan fingerprint density at radius 2 is 1.95 bits per heavy atom. The van der Waals surface area contributed by atoms with E-state index in [-0.39, 0.29) is 0 Å². The summed E-state index contributed by atoms with van der Waals surface area (Å²) in [5, 5.41) is 3.45. The third-order valence-electron chi connectivity index (χ3n) is 2.97. The molecule has 2 aromatic rings. The fraction of sp³-hybridized carbons (Fsp3) is 0.250. The van der Waals surface area contributed by atoms with Crippen LogP contribution >= 0.6 is 15.9 Å². The maximum absolute atomic E-state index is 5.36. The van der Waals surface area contributed by atoms with Crippen molar-refractivity contribution in [2.24, 2.45) is 0 Å². The zero-order chi connectivity index (χ0) is 13.7. The van der Waals surface area contributed by atoms with E-state index in [4.69, 9.17) is 4.74 Å². The van der Waals surface area contributed by atoms with Gasteiger partial charge in [-0.15, -0.1) is 0 Å². The van der Waals surface area contributed by atoms with Gasteiger partial charge in [0.25, 0.3) is 0 Å². The monoisotopic (exact) mass is 319 g/mol. The molecule has 0 bridgehead atoms. The molecule has 0 radical (unpaired) electrons. The van der Waals surface area contributed by atoms with Gasteiger partial charge in [-0.25, -0.2) is 0 Å². The second-order valence-electron chi connectivity index (χ2n) is 4.55. The van der Waals surface area contributed by atoms with Gasteiger partial charge in [0.15, 0.2) is 0 Å². The Morgan fingerprint density at radius 1 is 1.11 bits per heavy atom. The second-order valence-corrected chi connectivity index (χ2v) is 5.46. The molecule has 0 spiro atoms. The van der Waals surface area contributed by atoms with Crippen LogP contribution in [0, 0.1) is 6.92 Å². The SMILES string of the molecule is COc1ccc(Br)cc1CNCc1cccc(C)c1. The summed E-state index contributed by atoms with van der Waals surface area (Å²) in [5.41, 5.74) is 3.75. The molecule has 0 saturated carbocycles. The number of methoxy groups -OCH3 is 1. The number of benzene rings is 2. The average molecular weight is 320 g/mol. The molecule has 0 aliphatic carbocycles. The van der Waals surface area contributed by atoms with Crippen LogP contribution in [0.4, 0.5) is 0 Å². The van der Waals surface area contributed by atoms with Gasteiger partial charge in [0.1, 0.15) is 5.75 Å². The summed E-state index contributed by atoms with van der Waals surface area (Å²) < 4.78 is 6.43. The van der Waals surface area contributed by atoms with E-state index >= 15 is 0 Å². The fourth-order valence-corrected chi connectivity index (χ4v) is 2.46. The summed E-state index contributed by atoms with van der Waals surface area (Å²) in [6.45, 7) is 3.76. The van der Waals surface area contributed by atoms with Gasteiger partial charge in [0, 0.05) is 23.1 Å². The first-order valence-electron chi connectivity index (χ1n) is 6.27. The van der Waals surface area contributed by atoms with E-state index in [1.807, 2.05) is 12.1 Å². The smallest absolute Gasteiger partial charge is 0.123 e. The maximum Gasteiger partial charge on any atom is 0.123 e. The summed E-state index contributed by atoms with van der Waals surface area (Å²) in [7, 11) is 1.70. The van der Waals surface area contributed by atoms with E-state index in [1.54, 1.807) is 7.11 Å². The van der Waals surface area contributed by atoms with Crippen LogP contribution in [0.3, 0.4) is 0 Å². The van der Waals surface area contributed by atoms with Crippen LogP contribution in [0.5, 0.6) is 5.75 Å². The van der Waals surface area contributed by atoms with Crippen LogP contribution in [0.25, 0.3) is 0 Å². The van der Waals surface area contributed by atoms with Crippen molar-refractivity contribution in [3.05, 3.63) is 63.6 Å². The minimum absolute atomic E-state index is 0.788. The highest BCUT2D eigenvalue weighted by Gasteiger charge is 2.03. The Hall–Kier alpha value is -1.32. The van der Waals surface area contributed by atoms with Crippen molar-refractivity contribution in [3.8, 4) is 5.75 Å². The summed E-state index contributed by atoms with van der Waals surface area (Å²) in [6.07, 6.45) is 0. The molecule has 2 nitrogen and oxygen atoms in total. The summed E-state index contributed by atoms with van der Waals surface area (Å²) in [6, 6.07) is 14.6. The minimum Gasteiger partial charge on any atom is -0.496 e. The van der Waals surface area contributed by atoms with Crippen molar-refractivity contribution < 1.29 is 4.74 Å². The maximum atomic E-state index is 5.36. The van der Waals surface area contributed by atoms with Gasteiger partial charge >= 0.3 is 0 Å². The molecule has 0 aliphatic rings. The summed E-state index contributed by atoms with van der Waals surface area (Å²) in [5.74, 6) is 0.917. The zero-order valence-electron chi connectivity index (χ0n) is 11.2. The minimum atomic E-state index is 0.788. The molecule has 0 unspecified atom stereocenters. The Bertz CT molecular complexity index is 554. The fourth-order valence-electron chi connectivity index (χ4n) is 2.05. The molecule has 0 aliphatic heterocycles. The predicted octanol–water partition coefficient (Wildman–Crippen LogP) is 4.06. The standard InChI is InChI=1S/C16H18BrNO/c1-12-4-3-5-13(8-12)10-18-11-14-9-15(17)6-7-16(14)19-2/h3-9,18H,10-11H2,1-2H3. The predicted molar refractivity (Wildman–Crippen MR) is 82.4 cm³/mol. The van der Waals surface area contributed by atoms with Crippen LogP contribution < -0.4 is 10.1 Å². The lowest BCUT2D eigenvalue weighted by Crippen LogP contribution is -2.13. The molecule has 3 heteroatoms. The topological polar surface area (TPSA) is 21.3 Å². The van der Waals surface area contributed by atoms with Crippen molar-refractivity contribution in [1.82, 2.24) is 5.32 Å². The third kappa shape index (κ3) is 4.08. The lowest BCUT2D eigenvalue weighted by molar-refractivity contribution is 0.407. The molecule has 0 heterocycles. The highest BCUT2D eigenvalue weighted by atomic mass is 79.9. The molecular weight excluding hydrogens is 302 g/mol. The normalized spacial score (nSPS) is 10.5. The van der Waals surface area contributed by atoms with E-state index in [9.17, 15) is 0 Å². The number of nitrogens with one attached hydrogen (secondary N) is 1. The van der Waals surface area contributed by atoms with Crippen molar-refractivity contribution in [2.75, 3.05) is 7.11 Å². The van der Waals surface area contributed by atoms with Crippen LogP contribution in [0.15, 0.2) is 46.9 Å². The van der Waals surface area contributed by atoms with Crippen molar-refractivity contribution >= 4 is 15.9 Å². The van der Waals surface area contributed by atoms with Crippen molar-refractivity contribution in [1.29, 1.82) is 0 Å². The molecular formula is C16H18BrNO.